The average molecular weight is 281 g/mol. The van der Waals surface area contributed by atoms with Crippen LogP contribution in [0.4, 0.5) is 0 Å². The second kappa shape index (κ2) is 5.27. The molecule has 3 aromatic rings. The third kappa shape index (κ3) is 2.30. The minimum atomic E-state index is -0.115. The molecule has 1 unspecified atom stereocenters. The van der Waals surface area contributed by atoms with Gasteiger partial charge in [0.2, 0.25) is 0 Å². The van der Waals surface area contributed by atoms with Crippen LogP contribution in [0.5, 0.6) is 0 Å². The maximum atomic E-state index is 5.81. The van der Waals surface area contributed by atoms with Crippen molar-refractivity contribution in [2.24, 2.45) is 12.9 Å². The summed E-state index contributed by atoms with van der Waals surface area (Å²) in [5.41, 5.74) is 8.11. The number of benzene rings is 1. The molecule has 0 bridgehead atoms. The van der Waals surface area contributed by atoms with Crippen molar-refractivity contribution in [2.75, 3.05) is 0 Å². The monoisotopic (exact) mass is 281 g/mol. The van der Waals surface area contributed by atoms with Crippen molar-refractivity contribution in [3.8, 4) is 0 Å². The zero-order chi connectivity index (χ0) is 15.0. The van der Waals surface area contributed by atoms with Crippen LogP contribution in [-0.4, -0.2) is 14.8 Å². The van der Waals surface area contributed by atoms with Gasteiger partial charge in [-0.3, -0.25) is 15.5 Å². The first-order valence-corrected chi connectivity index (χ1v) is 6.92. The summed E-state index contributed by atoms with van der Waals surface area (Å²) in [6.07, 6.45) is 1.87. The van der Waals surface area contributed by atoms with Gasteiger partial charge in [-0.25, -0.2) is 5.43 Å². The minimum Gasteiger partial charge on any atom is -0.272 e. The Morgan fingerprint density at radius 3 is 2.67 bits per heavy atom. The molecule has 0 amide bonds. The molecule has 0 aliphatic carbocycles. The summed E-state index contributed by atoms with van der Waals surface area (Å²) in [5, 5.41) is 5.57. The van der Waals surface area contributed by atoms with Crippen molar-refractivity contribution in [3.63, 3.8) is 0 Å². The van der Waals surface area contributed by atoms with Crippen LogP contribution in [0.15, 0.2) is 36.5 Å². The van der Waals surface area contributed by atoms with E-state index in [4.69, 9.17) is 5.84 Å². The van der Waals surface area contributed by atoms with Crippen molar-refractivity contribution in [1.29, 1.82) is 0 Å². The first kappa shape index (κ1) is 13.7. The molecule has 0 spiro atoms. The lowest BCUT2D eigenvalue weighted by Gasteiger charge is -2.17. The zero-order valence-electron chi connectivity index (χ0n) is 12.5. The Kier molecular flexibility index (Phi) is 3.45. The molecule has 5 heteroatoms. The molecular weight excluding hydrogens is 262 g/mol. The van der Waals surface area contributed by atoms with Gasteiger partial charge in [-0.2, -0.15) is 5.10 Å². The number of hydrogen-bond donors (Lipinski definition) is 2. The summed E-state index contributed by atoms with van der Waals surface area (Å²) < 4.78 is 1.88. The lowest BCUT2D eigenvalue weighted by atomic mass is 9.98. The number of nitrogens with two attached hydrogens (primary N) is 1. The molecule has 0 radical (unpaired) electrons. The number of hydrogen-bond acceptors (Lipinski definition) is 4. The molecule has 0 fully saturated rings. The molecule has 3 rings (SSSR count). The van der Waals surface area contributed by atoms with Gasteiger partial charge in [-0.05, 0) is 31.5 Å². The second-order valence-electron chi connectivity index (χ2n) is 5.27. The molecule has 1 atom stereocenters. The van der Waals surface area contributed by atoms with Crippen molar-refractivity contribution < 1.29 is 0 Å². The number of fused-ring (bicyclic) bond motifs is 1. The van der Waals surface area contributed by atoms with Gasteiger partial charge in [-0.1, -0.05) is 18.2 Å². The Hall–Kier alpha value is -2.24. The predicted molar refractivity (Wildman–Crippen MR) is 83.6 cm³/mol. The lowest BCUT2D eigenvalue weighted by Crippen LogP contribution is -2.29. The maximum Gasteiger partial charge on any atom is 0.0761 e. The number of hydrazine groups is 1. The van der Waals surface area contributed by atoms with Crippen molar-refractivity contribution in [3.05, 3.63) is 59.0 Å². The Morgan fingerprint density at radius 2 is 2.00 bits per heavy atom. The normalized spacial score (nSPS) is 12.8. The van der Waals surface area contributed by atoms with E-state index in [0.717, 1.165) is 33.4 Å². The first-order chi connectivity index (χ1) is 10.1. The molecule has 1 aromatic carbocycles. The number of aromatic nitrogens is 3. The summed E-state index contributed by atoms with van der Waals surface area (Å²) in [4.78, 5) is 4.52. The highest BCUT2D eigenvalue weighted by Gasteiger charge is 2.21. The van der Waals surface area contributed by atoms with Crippen molar-refractivity contribution in [2.45, 2.75) is 19.9 Å². The molecular formula is C16H19N5. The van der Waals surface area contributed by atoms with E-state index in [1.54, 1.807) is 0 Å². The highest BCUT2D eigenvalue weighted by Crippen LogP contribution is 2.28. The van der Waals surface area contributed by atoms with E-state index in [-0.39, 0.29) is 6.04 Å². The average Bonchev–Trinajstić information content (AvgIpc) is 2.74. The van der Waals surface area contributed by atoms with Gasteiger partial charge >= 0.3 is 0 Å². The maximum absolute atomic E-state index is 5.81. The van der Waals surface area contributed by atoms with Crippen molar-refractivity contribution >= 4 is 10.9 Å². The van der Waals surface area contributed by atoms with E-state index in [0.29, 0.717) is 0 Å². The Balaban J connectivity index is 2.13. The Morgan fingerprint density at radius 1 is 1.24 bits per heavy atom. The summed E-state index contributed by atoms with van der Waals surface area (Å²) in [5.74, 6) is 5.81. The van der Waals surface area contributed by atoms with Crippen LogP contribution in [0, 0.1) is 13.8 Å². The van der Waals surface area contributed by atoms with Crippen LogP contribution >= 0.6 is 0 Å². The fourth-order valence-corrected chi connectivity index (χ4v) is 2.80. The van der Waals surface area contributed by atoms with Gasteiger partial charge in [0.25, 0.3) is 0 Å². The van der Waals surface area contributed by atoms with Crippen LogP contribution in [0.2, 0.25) is 0 Å². The summed E-state index contributed by atoms with van der Waals surface area (Å²) >= 11 is 0. The number of aryl methyl sites for hydroxylation is 2. The standard InChI is InChI=1S/C16H19N5/c1-10-15(11(2)21(3)20-10)16(19-17)13-8-12-6-4-5-7-14(12)18-9-13/h4-9,16,19H,17H2,1-3H3. The SMILES string of the molecule is Cc1nn(C)c(C)c1C(NN)c1cnc2ccccc2c1. The van der Waals surface area contributed by atoms with Crippen LogP contribution in [0.1, 0.15) is 28.6 Å². The number of rotatable bonds is 3. The summed E-state index contributed by atoms with van der Waals surface area (Å²) in [6, 6.07) is 10.1. The molecule has 0 saturated heterocycles. The van der Waals surface area contributed by atoms with Gasteiger partial charge in [0.15, 0.2) is 0 Å². The van der Waals surface area contributed by atoms with Crippen LogP contribution in [0.25, 0.3) is 10.9 Å². The van der Waals surface area contributed by atoms with Gasteiger partial charge in [-0.15, -0.1) is 0 Å². The highest BCUT2D eigenvalue weighted by molar-refractivity contribution is 5.79. The Bertz CT molecular complexity index is 790. The number of para-hydroxylation sites is 1. The number of pyridine rings is 1. The molecule has 2 aromatic heterocycles. The van der Waals surface area contributed by atoms with Crippen LogP contribution in [0.3, 0.4) is 0 Å². The quantitative estimate of drug-likeness (QED) is 0.570. The lowest BCUT2D eigenvalue weighted by molar-refractivity contribution is 0.627. The summed E-state index contributed by atoms with van der Waals surface area (Å²) in [6.45, 7) is 4.05. The molecule has 108 valence electrons. The molecule has 2 heterocycles. The fraction of sp³-hybridized carbons (Fsp3) is 0.250. The number of nitrogens with one attached hydrogen (secondary N) is 1. The molecule has 0 saturated carbocycles. The van der Waals surface area contributed by atoms with E-state index < -0.39 is 0 Å². The van der Waals surface area contributed by atoms with Crippen molar-refractivity contribution in [1.82, 2.24) is 20.2 Å². The summed E-state index contributed by atoms with van der Waals surface area (Å²) in [7, 11) is 1.94. The minimum absolute atomic E-state index is 0.115. The molecule has 5 nitrogen and oxygen atoms in total. The Labute approximate surface area is 123 Å². The van der Waals surface area contributed by atoms with Gasteiger partial charge in [0, 0.05) is 29.9 Å². The highest BCUT2D eigenvalue weighted by atomic mass is 15.3. The third-order valence-corrected chi connectivity index (χ3v) is 3.97. The molecule has 0 aliphatic rings. The second-order valence-corrected chi connectivity index (χ2v) is 5.27. The van der Waals surface area contributed by atoms with E-state index >= 15 is 0 Å². The van der Waals surface area contributed by atoms with Gasteiger partial charge < -0.3 is 0 Å². The third-order valence-electron chi connectivity index (χ3n) is 3.97. The topological polar surface area (TPSA) is 68.8 Å². The van der Waals surface area contributed by atoms with Crippen LogP contribution in [-0.2, 0) is 7.05 Å². The number of nitrogens with zero attached hydrogens (tertiary/aromatic N) is 3. The van der Waals surface area contributed by atoms with Crippen LogP contribution < -0.4 is 11.3 Å². The molecule has 3 N–H and O–H groups in total. The zero-order valence-corrected chi connectivity index (χ0v) is 12.5. The fourth-order valence-electron chi connectivity index (χ4n) is 2.80. The van der Waals surface area contributed by atoms with E-state index in [9.17, 15) is 0 Å². The molecule has 0 aliphatic heterocycles. The predicted octanol–water partition coefficient (Wildman–Crippen LogP) is 2.14. The van der Waals surface area contributed by atoms with E-state index in [2.05, 4.69) is 27.6 Å². The van der Waals surface area contributed by atoms with E-state index in [1.165, 1.54) is 0 Å². The van der Waals surface area contributed by atoms with Gasteiger partial charge in [0.05, 0.1) is 17.3 Å². The molecule has 21 heavy (non-hydrogen) atoms. The largest absolute Gasteiger partial charge is 0.272 e. The smallest absolute Gasteiger partial charge is 0.0761 e. The first-order valence-electron chi connectivity index (χ1n) is 6.92. The van der Waals surface area contributed by atoms with Gasteiger partial charge in [0.1, 0.15) is 0 Å². The van der Waals surface area contributed by atoms with E-state index in [1.807, 2.05) is 50.0 Å².